The summed E-state index contributed by atoms with van der Waals surface area (Å²) in [7, 11) is 0. The molecular formula is C24H27ClN6O. The van der Waals surface area contributed by atoms with Crippen molar-refractivity contribution in [3.05, 3.63) is 82.9 Å². The van der Waals surface area contributed by atoms with Gasteiger partial charge in [-0.25, -0.2) is 9.67 Å². The van der Waals surface area contributed by atoms with E-state index >= 15 is 0 Å². The number of benzene rings is 1. The molecule has 7 nitrogen and oxygen atoms in total. The molecule has 0 saturated heterocycles. The standard InChI is InChI=1S/C24H27ClN6O/c1-16(2)12-18(17-6-8-19(25)9-7-17)13-27-24(32)21-4-3-5-23-29-20(14-30(21)23)15-31-22(26)10-11-28-31/h3-11,14,16,18H,12-13,15,26H2,1-2H3,(H,27,32). The average Bonchev–Trinajstić information content (AvgIpc) is 3.36. The summed E-state index contributed by atoms with van der Waals surface area (Å²) < 4.78 is 3.48. The number of halogens is 1. The number of hydrogen-bond donors (Lipinski definition) is 2. The van der Waals surface area contributed by atoms with Crippen LogP contribution in [0.4, 0.5) is 5.82 Å². The Labute approximate surface area is 192 Å². The SMILES string of the molecule is CC(C)CC(CNC(=O)c1cccc2nc(Cn3nccc3N)cn12)c1ccc(Cl)cc1. The molecule has 0 aliphatic rings. The Kier molecular flexibility index (Phi) is 6.46. The van der Waals surface area contributed by atoms with E-state index in [1.807, 2.05) is 47.0 Å². The van der Waals surface area contributed by atoms with Gasteiger partial charge in [-0.2, -0.15) is 5.10 Å². The summed E-state index contributed by atoms with van der Waals surface area (Å²) in [4.78, 5) is 17.7. The van der Waals surface area contributed by atoms with Gasteiger partial charge in [-0.15, -0.1) is 0 Å². The molecule has 0 spiro atoms. The minimum Gasteiger partial charge on any atom is -0.384 e. The van der Waals surface area contributed by atoms with Crippen LogP contribution in [0.2, 0.25) is 5.02 Å². The van der Waals surface area contributed by atoms with Crippen molar-refractivity contribution in [3.8, 4) is 0 Å². The van der Waals surface area contributed by atoms with E-state index in [4.69, 9.17) is 17.3 Å². The van der Waals surface area contributed by atoms with Gasteiger partial charge in [-0.3, -0.25) is 9.20 Å². The largest absolute Gasteiger partial charge is 0.384 e. The van der Waals surface area contributed by atoms with Gasteiger partial charge in [0.1, 0.15) is 17.2 Å². The molecule has 32 heavy (non-hydrogen) atoms. The molecule has 4 aromatic rings. The molecular weight excluding hydrogens is 424 g/mol. The number of pyridine rings is 1. The first-order valence-corrected chi connectivity index (χ1v) is 11.1. The molecule has 0 saturated carbocycles. The van der Waals surface area contributed by atoms with E-state index in [-0.39, 0.29) is 11.8 Å². The van der Waals surface area contributed by atoms with E-state index in [0.29, 0.717) is 41.2 Å². The van der Waals surface area contributed by atoms with Crippen molar-refractivity contribution in [1.82, 2.24) is 24.5 Å². The van der Waals surface area contributed by atoms with Crippen molar-refractivity contribution < 1.29 is 4.79 Å². The quantitative estimate of drug-likeness (QED) is 0.417. The number of nitrogens with two attached hydrogens (primary N) is 1. The molecule has 166 valence electrons. The zero-order valence-corrected chi connectivity index (χ0v) is 19.0. The van der Waals surface area contributed by atoms with Crippen LogP contribution in [0, 0.1) is 5.92 Å². The van der Waals surface area contributed by atoms with E-state index in [9.17, 15) is 4.79 Å². The minimum absolute atomic E-state index is 0.138. The molecule has 0 radical (unpaired) electrons. The van der Waals surface area contributed by atoms with Crippen LogP contribution in [-0.2, 0) is 6.54 Å². The van der Waals surface area contributed by atoms with Crippen LogP contribution in [0.5, 0.6) is 0 Å². The predicted molar refractivity (Wildman–Crippen MR) is 127 cm³/mol. The number of nitrogens with one attached hydrogen (secondary N) is 1. The molecule has 1 amide bonds. The molecule has 3 aromatic heterocycles. The van der Waals surface area contributed by atoms with Gasteiger partial charge in [0.05, 0.1) is 18.4 Å². The minimum atomic E-state index is -0.138. The van der Waals surface area contributed by atoms with E-state index in [1.165, 1.54) is 5.56 Å². The second-order valence-electron chi connectivity index (χ2n) is 8.37. The van der Waals surface area contributed by atoms with Gasteiger partial charge in [0.2, 0.25) is 0 Å². The number of rotatable bonds is 8. The van der Waals surface area contributed by atoms with Gasteiger partial charge in [-0.1, -0.05) is 43.6 Å². The summed E-state index contributed by atoms with van der Waals surface area (Å²) in [6.07, 6.45) is 4.47. The van der Waals surface area contributed by atoms with Crippen LogP contribution in [-0.4, -0.2) is 31.6 Å². The number of aromatic nitrogens is 4. The van der Waals surface area contributed by atoms with Crippen LogP contribution >= 0.6 is 11.6 Å². The van der Waals surface area contributed by atoms with Crippen LogP contribution in [0.1, 0.15) is 47.9 Å². The summed E-state index contributed by atoms with van der Waals surface area (Å²) in [5, 5.41) is 8.02. The number of nitrogens with zero attached hydrogens (tertiary/aromatic N) is 4. The number of nitrogen functional groups attached to an aromatic ring is 1. The number of fused-ring (bicyclic) bond motifs is 1. The molecule has 3 heterocycles. The third kappa shape index (κ3) is 4.94. The average molecular weight is 451 g/mol. The third-order valence-corrected chi connectivity index (χ3v) is 5.69. The lowest BCUT2D eigenvalue weighted by molar-refractivity contribution is 0.0943. The monoisotopic (exact) mass is 450 g/mol. The maximum absolute atomic E-state index is 13.1. The summed E-state index contributed by atoms with van der Waals surface area (Å²) in [5.74, 6) is 1.14. The highest BCUT2D eigenvalue weighted by Crippen LogP contribution is 2.25. The molecule has 1 atom stereocenters. The van der Waals surface area contributed by atoms with Crippen molar-refractivity contribution in [1.29, 1.82) is 0 Å². The Hall–Kier alpha value is -3.32. The normalized spacial score (nSPS) is 12.4. The Bertz CT molecular complexity index is 1210. The van der Waals surface area contributed by atoms with Gasteiger partial charge in [0.25, 0.3) is 5.91 Å². The third-order valence-electron chi connectivity index (χ3n) is 5.44. The van der Waals surface area contributed by atoms with Gasteiger partial charge in [-0.05, 0) is 48.2 Å². The highest BCUT2D eigenvalue weighted by molar-refractivity contribution is 6.30. The number of anilines is 1. The molecule has 0 aliphatic heterocycles. The number of amides is 1. The van der Waals surface area contributed by atoms with E-state index in [0.717, 1.165) is 12.1 Å². The number of imidazole rings is 1. The number of hydrogen-bond acceptors (Lipinski definition) is 4. The van der Waals surface area contributed by atoms with Gasteiger partial charge in [0.15, 0.2) is 0 Å². The lowest BCUT2D eigenvalue weighted by atomic mass is 9.90. The smallest absolute Gasteiger partial charge is 0.268 e. The van der Waals surface area contributed by atoms with E-state index < -0.39 is 0 Å². The fourth-order valence-electron chi connectivity index (χ4n) is 3.90. The lowest BCUT2D eigenvalue weighted by Crippen LogP contribution is -2.30. The highest BCUT2D eigenvalue weighted by atomic mass is 35.5. The second kappa shape index (κ2) is 9.44. The molecule has 8 heteroatoms. The Morgan fingerprint density at radius 1 is 1.16 bits per heavy atom. The molecule has 0 fully saturated rings. The zero-order valence-electron chi connectivity index (χ0n) is 18.2. The van der Waals surface area contributed by atoms with Crippen LogP contribution in [0.25, 0.3) is 5.65 Å². The molecule has 1 unspecified atom stereocenters. The Balaban J connectivity index is 1.52. The maximum Gasteiger partial charge on any atom is 0.268 e. The Morgan fingerprint density at radius 3 is 2.62 bits per heavy atom. The number of carbonyl (C=O) groups is 1. The molecule has 0 bridgehead atoms. The van der Waals surface area contributed by atoms with Crippen LogP contribution < -0.4 is 11.1 Å². The topological polar surface area (TPSA) is 90.2 Å². The summed E-state index contributed by atoms with van der Waals surface area (Å²) >= 11 is 6.05. The van der Waals surface area contributed by atoms with E-state index in [2.05, 4.69) is 29.2 Å². The van der Waals surface area contributed by atoms with Gasteiger partial charge in [0, 0.05) is 23.7 Å². The number of carbonyl (C=O) groups excluding carboxylic acids is 1. The summed E-state index contributed by atoms with van der Waals surface area (Å²) in [6, 6.07) is 15.1. The van der Waals surface area contributed by atoms with Crippen molar-refractivity contribution >= 4 is 29.0 Å². The van der Waals surface area contributed by atoms with Crippen molar-refractivity contribution in [2.24, 2.45) is 5.92 Å². The second-order valence-corrected chi connectivity index (χ2v) is 8.81. The first-order valence-electron chi connectivity index (χ1n) is 10.7. The lowest BCUT2D eigenvalue weighted by Gasteiger charge is -2.20. The van der Waals surface area contributed by atoms with Crippen LogP contribution in [0.3, 0.4) is 0 Å². The van der Waals surface area contributed by atoms with Gasteiger partial charge >= 0.3 is 0 Å². The van der Waals surface area contributed by atoms with Gasteiger partial charge < -0.3 is 11.1 Å². The summed E-state index contributed by atoms with van der Waals surface area (Å²) in [5.41, 5.74) is 9.10. The highest BCUT2D eigenvalue weighted by Gasteiger charge is 2.17. The Morgan fingerprint density at radius 2 is 1.94 bits per heavy atom. The fourth-order valence-corrected chi connectivity index (χ4v) is 4.02. The van der Waals surface area contributed by atoms with Crippen molar-refractivity contribution in [3.63, 3.8) is 0 Å². The molecule has 1 aromatic carbocycles. The molecule has 0 aliphatic carbocycles. The fraction of sp³-hybridized carbons (Fsp3) is 0.292. The van der Waals surface area contributed by atoms with Crippen molar-refractivity contribution in [2.45, 2.75) is 32.7 Å². The molecule has 3 N–H and O–H groups in total. The summed E-state index contributed by atoms with van der Waals surface area (Å²) in [6.45, 7) is 5.35. The maximum atomic E-state index is 13.1. The first-order chi connectivity index (χ1) is 15.4. The molecule has 4 rings (SSSR count). The van der Waals surface area contributed by atoms with Crippen LogP contribution in [0.15, 0.2) is 60.9 Å². The van der Waals surface area contributed by atoms with Crippen molar-refractivity contribution in [2.75, 3.05) is 12.3 Å². The predicted octanol–water partition coefficient (Wildman–Crippen LogP) is 4.37. The first kappa shape index (κ1) is 21.9. The van der Waals surface area contributed by atoms with E-state index in [1.54, 1.807) is 23.0 Å². The zero-order chi connectivity index (χ0) is 22.7.